The highest BCUT2D eigenvalue weighted by Gasteiger charge is 2.20. The molecule has 0 heterocycles. The Morgan fingerprint density at radius 2 is 1.33 bits per heavy atom. The van der Waals surface area contributed by atoms with Crippen LogP contribution in [-0.4, -0.2) is 38.1 Å². The van der Waals surface area contributed by atoms with Gasteiger partial charge in [0.15, 0.2) is 0 Å². The van der Waals surface area contributed by atoms with Crippen LogP contribution < -0.4 is 16.0 Å². The molecule has 0 aromatic carbocycles. The Labute approximate surface area is 94.2 Å². The van der Waals surface area contributed by atoms with Gasteiger partial charge in [-0.2, -0.15) is 0 Å². The van der Waals surface area contributed by atoms with Crippen LogP contribution in [0.5, 0.6) is 0 Å². The largest absolute Gasteiger partial charge is 0.358 e. The van der Waals surface area contributed by atoms with Crippen molar-refractivity contribution in [1.82, 2.24) is 16.0 Å². The second-order valence-corrected chi connectivity index (χ2v) is 3.76. The van der Waals surface area contributed by atoms with Crippen LogP contribution >= 0.6 is 0 Å². The van der Waals surface area contributed by atoms with Crippen molar-refractivity contribution in [3.05, 3.63) is 0 Å². The minimum Gasteiger partial charge on any atom is -0.358 e. The van der Waals surface area contributed by atoms with E-state index in [1.165, 1.54) is 0 Å². The molecule has 0 saturated carbocycles. The lowest BCUT2D eigenvalue weighted by Crippen LogP contribution is -2.57. The molecule has 0 aromatic heterocycles. The monoisotopic (exact) mass is 217 g/mol. The van der Waals surface area contributed by atoms with Crippen LogP contribution in [0.1, 0.15) is 34.6 Å². The number of rotatable bonds is 9. The molecule has 1 unspecified atom stereocenters. The third kappa shape index (κ3) is 6.84. The van der Waals surface area contributed by atoms with Crippen molar-refractivity contribution in [1.29, 1.82) is 0 Å². The van der Waals surface area contributed by atoms with E-state index in [1.54, 1.807) is 0 Å². The van der Waals surface area contributed by atoms with Crippen LogP contribution in [-0.2, 0) is 4.74 Å². The lowest BCUT2D eigenvalue weighted by molar-refractivity contribution is -0.0387. The van der Waals surface area contributed by atoms with Gasteiger partial charge < -0.3 is 4.74 Å². The topological polar surface area (TPSA) is 45.3 Å². The Hall–Kier alpha value is -0.160. The minimum absolute atomic E-state index is 0.0231. The number of likely N-dealkylation sites (N-methyl/N-ethyl adjacent to an activating group) is 3. The van der Waals surface area contributed by atoms with Gasteiger partial charge >= 0.3 is 0 Å². The van der Waals surface area contributed by atoms with Crippen molar-refractivity contribution in [2.45, 2.75) is 53.1 Å². The predicted molar refractivity (Wildman–Crippen MR) is 64.8 cm³/mol. The second-order valence-electron chi connectivity index (χ2n) is 3.76. The molecule has 0 aliphatic heterocycles. The summed E-state index contributed by atoms with van der Waals surface area (Å²) in [6.07, 6.45) is 0.422. The summed E-state index contributed by atoms with van der Waals surface area (Å²) in [5.41, 5.74) is 0. The molecule has 0 fully saturated rings. The maximum atomic E-state index is 5.82. The molecule has 3 N–H and O–H groups in total. The fourth-order valence-electron chi connectivity index (χ4n) is 1.47. The highest BCUT2D eigenvalue weighted by atomic mass is 16.5. The van der Waals surface area contributed by atoms with E-state index in [1.807, 2.05) is 0 Å². The molecule has 0 spiro atoms. The van der Waals surface area contributed by atoms with Crippen LogP contribution in [0, 0.1) is 0 Å². The quantitative estimate of drug-likeness (QED) is 0.502. The first-order valence-corrected chi connectivity index (χ1v) is 6.01. The van der Waals surface area contributed by atoms with Gasteiger partial charge in [0, 0.05) is 0 Å². The lowest BCUT2D eigenvalue weighted by Gasteiger charge is -2.30. The molecule has 0 amide bonds. The summed E-state index contributed by atoms with van der Waals surface area (Å²) in [7, 11) is 0. The van der Waals surface area contributed by atoms with Crippen molar-refractivity contribution in [2.24, 2.45) is 0 Å². The third-order valence-corrected chi connectivity index (χ3v) is 1.97. The van der Waals surface area contributed by atoms with Crippen LogP contribution in [0.4, 0.5) is 0 Å². The molecule has 15 heavy (non-hydrogen) atoms. The summed E-state index contributed by atoms with van der Waals surface area (Å²) >= 11 is 0. The fraction of sp³-hybridized carbons (Fsp3) is 1.00. The van der Waals surface area contributed by atoms with Gasteiger partial charge in [-0.05, 0) is 33.5 Å². The first kappa shape index (κ1) is 14.8. The Morgan fingerprint density at radius 3 is 1.67 bits per heavy atom. The highest BCUT2D eigenvalue weighted by Crippen LogP contribution is 1.99. The van der Waals surface area contributed by atoms with Crippen molar-refractivity contribution in [3.8, 4) is 0 Å². The Morgan fingerprint density at radius 1 is 0.867 bits per heavy atom. The minimum atomic E-state index is 0.0231. The SMILES string of the molecule is CCNC(NCC)C(NCC)OC(C)C. The molecule has 0 rings (SSSR count). The van der Waals surface area contributed by atoms with Gasteiger partial charge in [0.2, 0.25) is 0 Å². The van der Waals surface area contributed by atoms with Crippen LogP contribution in [0.2, 0.25) is 0 Å². The molecule has 0 aliphatic carbocycles. The Kier molecular flexibility index (Phi) is 9.00. The Balaban J connectivity index is 4.22. The van der Waals surface area contributed by atoms with E-state index < -0.39 is 0 Å². The zero-order valence-corrected chi connectivity index (χ0v) is 10.8. The van der Waals surface area contributed by atoms with E-state index >= 15 is 0 Å². The number of ether oxygens (including phenoxy) is 1. The first-order valence-electron chi connectivity index (χ1n) is 6.01. The van der Waals surface area contributed by atoms with Crippen molar-refractivity contribution in [2.75, 3.05) is 19.6 Å². The summed E-state index contributed by atoms with van der Waals surface area (Å²) in [5, 5.41) is 10.1. The van der Waals surface area contributed by atoms with E-state index in [0.717, 1.165) is 19.6 Å². The smallest absolute Gasteiger partial charge is 0.137 e. The molecule has 4 nitrogen and oxygen atoms in total. The number of nitrogens with one attached hydrogen (secondary N) is 3. The normalized spacial score (nSPS) is 13.8. The Bertz CT molecular complexity index is 136. The summed E-state index contributed by atoms with van der Waals surface area (Å²) in [4.78, 5) is 0. The molecule has 0 radical (unpaired) electrons. The fourth-order valence-corrected chi connectivity index (χ4v) is 1.47. The summed E-state index contributed by atoms with van der Waals surface area (Å²) in [6.45, 7) is 13.2. The third-order valence-electron chi connectivity index (χ3n) is 1.97. The van der Waals surface area contributed by atoms with E-state index in [2.05, 4.69) is 50.6 Å². The molecular weight excluding hydrogens is 190 g/mol. The van der Waals surface area contributed by atoms with Gasteiger partial charge in [-0.3, -0.25) is 16.0 Å². The number of hydrogen-bond donors (Lipinski definition) is 3. The van der Waals surface area contributed by atoms with Gasteiger partial charge in [0.05, 0.1) is 12.3 Å². The average Bonchev–Trinajstić information content (AvgIpc) is 2.16. The van der Waals surface area contributed by atoms with Gasteiger partial charge in [-0.15, -0.1) is 0 Å². The summed E-state index contributed by atoms with van der Waals surface area (Å²) in [5.74, 6) is 0. The highest BCUT2D eigenvalue weighted by molar-refractivity contribution is 4.72. The van der Waals surface area contributed by atoms with Crippen LogP contribution in [0.25, 0.3) is 0 Å². The predicted octanol–water partition coefficient (Wildman–Crippen LogP) is 0.892. The summed E-state index contributed by atoms with van der Waals surface area (Å²) < 4.78 is 5.82. The van der Waals surface area contributed by atoms with Crippen LogP contribution in [0.3, 0.4) is 0 Å². The zero-order chi connectivity index (χ0) is 11.7. The van der Waals surface area contributed by atoms with E-state index in [-0.39, 0.29) is 18.5 Å². The molecule has 0 saturated heterocycles. The molecular formula is C11H27N3O. The van der Waals surface area contributed by atoms with Crippen molar-refractivity contribution >= 4 is 0 Å². The lowest BCUT2D eigenvalue weighted by atomic mass is 10.3. The van der Waals surface area contributed by atoms with E-state index in [0.29, 0.717) is 0 Å². The van der Waals surface area contributed by atoms with Gasteiger partial charge in [-0.25, -0.2) is 0 Å². The molecule has 4 heteroatoms. The first-order chi connectivity index (χ1) is 7.15. The molecule has 0 aliphatic rings. The van der Waals surface area contributed by atoms with Gasteiger partial charge in [-0.1, -0.05) is 20.8 Å². The molecule has 0 bridgehead atoms. The van der Waals surface area contributed by atoms with E-state index in [4.69, 9.17) is 4.74 Å². The van der Waals surface area contributed by atoms with Gasteiger partial charge in [0.1, 0.15) is 6.23 Å². The second kappa shape index (κ2) is 9.09. The van der Waals surface area contributed by atoms with Crippen molar-refractivity contribution < 1.29 is 4.74 Å². The standard InChI is InChI=1S/C11H27N3O/c1-6-12-10(13-7-2)11(14-8-3)15-9(4)5/h9-14H,6-8H2,1-5H3. The maximum absolute atomic E-state index is 5.82. The summed E-state index contributed by atoms with van der Waals surface area (Å²) in [6, 6.07) is 0. The number of hydrogen-bond acceptors (Lipinski definition) is 4. The molecule has 1 atom stereocenters. The molecule has 92 valence electrons. The maximum Gasteiger partial charge on any atom is 0.137 e. The van der Waals surface area contributed by atoms with Gasteiger partial charge in [0.25, 0.3) is 0 Å². The zero-order valence-electron chi connectivity index (χ0n) is 10.8. The molecule has 0 aromatic rings. The van der Waals surface area contributed by atoms with Crippen LogP contribution in [0.15, 0.2) is 0 Å². The van der Waals surface area contributed by atoms with E-state index in [9.17, 15) is 0 Å². The van der Waals surface area contributed by atoms with Crippen molar-refractivity contribution in [3.63, 3.8) is 0 Å². The average molecular weight is 217 g/mol.